The molecule has 0 aliphatic heterocycles. The van der Waals surface area contributed by atoms with Crippen molar-refractivity contribution in [2.24, 2.45) is 11.7 Å². The van der Waals surface area contributed by atoms with Gasteiger partial charge in [0.05, 0.1) is 5.69 Å². The molecule has 0 unspecified atom stereocenters. The van der Waals surface area contributed by atoms with Crippen LogP contribution >= 0.6 is 15.9 Å². The Hall–Kier alpha value is -0.540. The van der Waals surface area contributed by atoms with Crippen LogP contribution in [0.4, 0.5) is 5.69 Å². The number of nitrogens with two attached hydrogens (primary N) is 1. The van der Waals surface area contributed by atoms with E-state index in [1.807, 2.05) is 6.92 Å². The van der Waals surface area contributed by atoms with E-state index in [4.69, 9.17) is 5.73 Å². The van der Waals surface area contributed by atoms with Gasteiger partial charge in [0, 0.05) is 23.6 Å². The Morgan fingerprint density at radius 3 is 2.67 bits per heavy atom. The highest BCUT2D eigenvalue weighted by Gasteiger charge is 2.25. The molecule has 2 N–H and O–H groups in total. The molecule has 0 bridgehead atoms. The monoisotopic (exact) mass is 310 g/mol. The summed E-state index contributed by atoms with van der Waals surface area (Å²) in [7, 11) is 0. The number of anilines is 1. The van der Waals surface area contributed by atoms with Crippen LogP contribution < -0.4 is 10.6 Å². The molecule has 1 atom stereocenters. The van der Waals surface area contributed by atoms with E-state index in [2.05, 4.69) is 46.0 Å². The number of hydrogen-bond donors (Lipinski definition) is 1. The fourth-order valence-electron chi connectivity index (χ4n) is 2.25. The molecule has 1 aliphatic rings. The van der Waals surface area contributed by atoms with Crippen molar-refractivity contribution in [1.82, 2.24) is 0 Å². The van der Waals surface area contributed by atoms with Crippen LogP contribution in [0.5, 0.6) is 0 Å². The first-order chi connectivity index (χ1) is 8.61. The molecule has 1 saturated carbocycles. The topological polar surface area (TPSA) is 29.3 Å². The maximum atomic E-state index is 5.92. The van der Waals surface area contributed by atoms with Gasteiger partial charge in [0.2, 0.25) is 0 Å². The lowest BCUT2D eigenvalue weighted by Gasteiger charge is -2.26. The van der Waals surface area contributed by atoms with Crippen LogP contribution in [0.3, 0.4) is 0 Å². The average molecular weight is 311 g/mol. The van der Waals surface area contributed by atoms with Crippen molar-refractivity contribution in [1.29, 1.82) is 0 Å². The second-order valence-electron chi connectivity index (χ2n) is 5.39. The van der Waals surface area contributed by atoms with Crippen molar-refractivity contribution in [2.45, 2.75) is 39.2 Å². The smallest absolute Gasteiger partial charge is 0.0510 e. The highest BCUT2D eigenvalue weighted by Crippen LogP contribution is 2.34. The Morgan fingerprint density at radius 2 is 2.17 bits per heavy atom. The minimum absolute atomic E-state index is 0.0957. The molecule has 3 heteroatoms. The van der Waals surface area contributed by atoms with Crippen molar-refractivity contribution in [3.63, 3.8) is 0 Å². The summed E-state index contributed by atoms with van der Waals surface area (Å²) in [6, 6.07) is 6.62. The molecule has 2 nitrogen and oxygen atoms in total. The summed E-state index contributed by atoms with van der Waals surface area (Å²) in [5, 5.41) is 0. The van der Waals surface area contributed by atoms with Crippen LogP contribution in [-0.2, 0) is 0 Å². The third kappa shape index (κ3) is 3.48. The molecule has 0 radical (unpaired) electrons. The summed E-state index contributed by atoms with van der Waals surface area (Å²) < 4.78 is 1.17. The van der Waals surface area contributed by atoms with Gasteiger partial charge in [0.25, 0.3) is 0 Å². The van der Waals surface area contributed by atoms with Crippen molar-refractivity contribution in [2.75, 3.05) is 18.0 Å². The second-order valence-corrected chi connectivity index (χ2v) is 6.24. The summed E-state index contributed by atoms with van der Waals surface area (Å²) in [5.41, 5.74) is 8.43. The standard InChI is InChI=1S/C15H23BrN2/c1-3-8-18(10-12-4-5-12)15-7-6-13(11(2)17)9-14(15)16/h6-7,9,11-12H,3-5,8,10,17H2,1-2H3/t11-/m1/s1. The third-order valence-electron chi connectivity index (χ3n) is 3.51. The van der Waals surface area contributed by atoms with Gasteiger partial charge in [0.1, 0.15) is 0 Å². The van der Waals surface area contributed by atoms with Crippen LogP contribution in [0.15, 0.2) is 22.7 Å². The predicted molar refractivity (Wildman–Crippen MR) is 82.0 cm³/mol. The molecular weight excluding hydrogens is 288 g/mol. The van der Waals surface area contributed by atoms with Gasteiger partial charge >= 0.3 is 0 Å². The van der Waals surface area contributed by atoms with Crippen LogP contribution in [0.25, 0.3) is 0 Å². The van der Waals surface area contributed by atoms with E-state index in [0.717, 1.165) is 12.5 Å². The first kappa shape index (κ1) is 13.9. The molecule has 0 amide bonds. The minimum Gasteiger partial charge on any atom is -0.370 e. The highest BCUT2D eigenvalue weighted by atomic mass is 79.9. The van der Waals surface area contributed by atoms with Gasteiger partial charge in [-0.3, -0.25) is 0 Å². The Kier molecular flexibility index (Phi) is 4.68. The zero-order chi connectivity index (χ0) is 13.1. The van der Waals surface area contributed by atoms with E-state index in [1.54, 1.807) is 0 Å². The number of nitrogens with zero attached hydrogens (tertiary/aromatic N) is 1. The van der Waals surface area contributed by atoms with Gasteiger partial charge < -0.3 is 10.6 Å². The largest absolute Gasteiger partial charge is 0.370 e. The Morgan fingerprint density at radius 1 is 1.44 bits per heavy atom. The van der Waals surface area contributed by atoms with Gasteiger partial charge in [-0.15, -0.1) is 0 Å². The maximum Gasteiger partial charge on any atom is 0.0510 e. The lowest BCUT2D eigenvalue weighted by atomic mass is 10.1. The fraction of sp³-hybridized carbons (Fsp3) is 0.600. The number of rotatable bonds is 6. The zero-order valence-electron chi connectivity index (χ0n) is 11.3. The highest BCUT2D eigenvalue weighted by molar-refractivity contribution is 9.10. The van der Waals surface area contributed by atoms with E-state index in [0.29, 0.717) is 0 Å². The minimum atomic E-state index is 0.0957. The molecule has 100 valence electrons. The molecule has 0 saturated heterocycles. The van der Waals surface area contributed by atoms with Gasteiger partial charge in [-0.25, -0.2) is 0 Å². The predicted octanol–water partition coefficient (Wildman–Crippen LogP) is 4.10. The van der Waals surface area contributed by atoms with Crippen LogP contribution in [0.1, 0.15) is 44.7 Å². The molecule has 1 fully saturated rings. The molecular formula is C15H23BrN2. The third-order valence-corrected chi connectivity index (χ3v) is 4.14. The SMILES string of the molecule is CCCN(CC1CC1)c1ccc([C@@H](C)N)cc1Br. The number of hydrogen-bond acceptors (Lipinski definition) is 2. The van der Waals surface area contributed by atoms with Gasteiger partial charge in [0.15, 0.2) is 0 Å². The van der Waals surface area contributed by atoms with E-state index in [1.165, 1.54) is 41.5 Å². The molecule has 1 aliphatic carbocycles. The average Bonchev–Trinajstić information content (AvgIpc) is 3.12. The van der Waals surface area contributed by atoms with E-state index in [-0.39, 0.29) is 6.04 Å². The maximum absolute atomic E-state index is 5.92. The quantitative estimate of drug-likeness (QED) is 0.857. The molecule has 0 heterocycles. The normalized spacial score (nSPS) is 16.7. The van der Waals surface area contributed by atoms with E-state index >= 15 is 0 Å². The van der Waals surface area contributed by atoms with Crippen LogP contribution in [0.2, 0.25) is 0 Å². The van der Waals surface area contributed by atoms with E-state index < -0.39 is 0 Å². The van der Waals surface area contributed by atoms with E-state index in [9.17, 15) is 0 Å². The van der Waals surface area contributed by atoms with Gasteiger partial charge in [-0.05, 0) is 65.7 Å². The number of benzene rings is 1. The van der Waals surface area contributed by atoms with Gasteiger partial charge in [-0.2, -0.15) is 0 Å². The summed E-state index contributed by atoms with van der Waals surface area (Å²) in [5.74, 6) is 0.913. The molecule has 0 spiro atoms. The van der Waals surface area contributed by atoms with Crippen molar-refractivity contribution < 1.29 is 0 Å². The summed E-state index contributed by atoms with van der Waals surface area (Å²) in [4.78, 5) is 2.51. The molecule has 0 aromatic heterocycles. The zero-order valence-corrected chi connectivity index (χ0v) is 12.9. The van der Waals surface area contributed by atoms with Crippen molar-refractivity contribution >= 4 is 21.6 Å². The lowest BCUT2D eigenvalue weighted by Crippen LogP contribution is -2.27. The second kappa shape index (κ2) is 6.07. The van der Waals surface area contributed by atoms with Crippen molar-refractivity contribution in [3.05, 3.63) is 28.2 Å². The summed E-state index contributed by atoms with van der Waals surface area (Å²) in [6.45, 7) is 6.59. The Balaban J connectivity index is 2.17. The van der Waals surface area contributed by atoms with Crippen LogP contribution in [0, 0.1) is 5.92 Å². The molecule has 18 heavy (non-hydrogen) atoms. The lowest BCUT2D eigenvalue weighted by molar-refractivity contribution is 0.706. The fourth-order valence-corrected chi connectivity index (χ4v) is 2.90. The molecule has 1 aromatic rings. The first-order valence-corrected chi connectivity index (χ1v) is 7.71. The Bertz CT molecular complexity index is 399. The first-order valence-electron chi connectivity index (χ1n) is 6.91. The summed E-state index contributed by atoms with van der Waals surface area (Å²) >= 11 is 3.70. The molecule has 1 aromatic carbocycles. The molecule has 2 rings (SSSR count). The summed E-state index contributed by atoms with van der Waals surface area (Å²) in [6.07, 6.45) is 3.99. The number of halogens is 1. The van der Waals surface area contributed by atoms with Crippen LogP contribution in [-0.4, -0.2) is 13.1 Å². The van der Waals surface area contributed by atoms with Gasteiger partial charge in [-0.1, -0.05) is 13.0 Å². The van der Waals surface area contributed by atoms with Crippen molar-refractivity contribution in [3.8, 4) is 0 Å². The Labute approximate surface area is 119 Å².